The zero-order chi connectivity index (χ0) is 21.5. The Morgan fingerprint density at radius 1 is 0.452 bits per heavy atom. The summed E-state index contributed by atoms with van der Waals surface area (Å²) in [6, 6.07) is 0. The molecule has 0 aromatic rings. The fourth-order valence-corrected chi connectivity index (χ4v) is 10.1. The van der Waals surface area contributed by atoms with Crippen molar-refractivity contribution in [2.75, 3.05) is 0 Å². The van der Waals surface area contributed by atoms with Crippen LogP contribution in [-0.4, -0.2) is 48.3 Å². The van der Waals surface area contributed by atoms with Crippen molar-refractivity contribution in [2.45, 2.75) is 127 Å². The van der Waals surface area contributed by atoms with E-state index in [4.69, 9.17) is 66.2 Å². The Bertz CT molecular complexity index is 510. The number of hydrogen-bond acceptors (Lipinski definition) is 8. The maximum Gasteiger partial charge on any atom is 2.00 e. The predicted octanol–water partition coefficient (Wildman–Crippen LogP) is 6.97. The Labute approximate surface area is 227 Å². The quantitative estimate of drug-likeness (QED) is 0.159. The fraction of sp³-hybridized carbons (Fsp3) is 1.00. The molecule has 178 valence electrons. The summed E-state index contributed by atoms with van der Waals surface area (Å²) in [5.41, 5.74) is -4.75. The van der Waals surface area contributed by atoms with E-state index < -0.39 is 11.4 Å². The molecule has 4 aliphatic rings. The molecule has 0 spiro atoms. The van der Waals surface area contributed by atoms with E-state index >= 15 is 0 Å². The van der Waals surface area contributed by atoms with Gasteiger partial charge in [0.25, 0.3) is 0 Å². The second-order valence-electron chi connectivity index (χ2n) is 8.94. The van der Waals surface area contributed by atoms with Crippen molar-refractivity contribution >= 4 is 83.4 Å². The third-order valence-electron chi connectivity index (χ3n) is 6.32. The molecule has 0 bridgehead atoms. The maximum absolute atomic E-state index is 5.78. The van der Waals surface area contributed by atoms with E-state index in [9.17, 15) is 0 Å². The minimum atomic E-state index is -2.37. The van der Waals surface area contributed by atoms with E-state index in [1.54, 1.807) is 0 Å². The first-order valence-corrected chi connectivity index (χ1v) is 19.0. The van der Waals surface area contributed by atoms with Crippen LogP contribution in [-0.2, 0) is 66.2 Å². The molecule has 4 saturated carbocycles. The molecule has 4 aliphatic carbocycles. The summed E-state index contributed by atoms with van der Waals surface area (Å²) in [7, 11) is 0. The zero-order valence-electron chi connectivity index (χ0n) is 18.3. The molecule has 0 atom stereocenters. The molecule has 4 fully saturated rings. The molecule has 0 aromatic carbocycles. The van der Waals surface area contributed by atoms with Crippen molar-refractivity contribution in [2.24, 2.45) is 0 Å². The molecule has 2 radical (unpaired) electrons. The van der Waals surface area contributed by atoms with Crippen molar-refractivity contribution in [3.05, 3.63) is 0 Å². The summed E-state index contributed by atoms with van der Waals surface area (Å²) in [6.07, 6.45) is 20.1. The van der Waals surface area contributed by atoms with Gasteiger partial charge < -0.3 is 42.6 Å². The largest absolute Gasteiger partial charge is 2.00 e. The number of hydrogen-bond donors (Lipinski definition) is 0. The van der Waals surface area contributed by atoms with Crippen LogP contribution in [0.5, 0.6) is 0 Å². The first kappa shape index (κ1) is 29.9. The molecule has 0 unspecified atom stereocenters. The monoisotopic (exact) mass is 650 g/mol. The van der Waals surface area contributed by atoms with Gasteiger partial charge >= 0.3 is 23.9 Å². The van der Waals surface area contributed by atoms with Gasteiger partial charge in [-0.05, 0) is 51.4 Å². The van der Waals surface area contributed by atoms with Gasteiger partial charge in [0.15, 0.2) is 0 Å². The van der Waals surface area contributed by atoms with Crippen LogP contribution < -0.4 is 0 Å². The molecule has 0 heterocycles. The molecule has 4 rings (SSSR count). The number of rotatable bonds is 8. The third kappa shape index (κ3) is 11.9. The zero-order valence-corrected chi connectivity index (χ0v) is 26.2. The van der Waals surface area contributed by atoms with Crippen LogP contribution in [0, 0.1) is 0 Å². The van der Waals surface area contributed by atoms with Crippen LogP contribution in [0.25, 0.3) is 0 Å². The van der Waals surface area contributed by atoms with E-state index in [2.05, 4.69) is 0 Å². The first-order valence-electron chi connectivity index (χ1n) is 11.7. The van der Waals surface area contributed by atoms with Crippen LogP contribution >= 0.6 is 11.4 Å². The van der Waals surface area contributed by atoms with Crippen LogP contribution in [0.3, 0.4) is 0 Å². The van der Waals surface area contributed by atoms with Crippen molar-refractivity contribution in [3.63, 3.8) is 0 Å². The van der Waals surface area contributed by atoms with Gasteiger partial charge in [0.1, 0.15) is 0 Å². The van der Waals surface area contributed by atoms with Gasteiger partial charge in [0, 0.05) is 0 Å². The molecular weight excluding hydrogens is 613 g/mol. The van der Waals surface area contributed by atoms with Crippen LogP contribution in [0.1, 0.15) is 103 Å². The summed E-state index contributed by atoms with van der Waals surface area (Å²) in [4.78, 5) is 0. The second kappa shape index (κ2) is 15.0. The molecule has 4 nitrogen and oxygen atoms in total. The smallest absolute Gasteiger partial charge is 0.691 e. The first-order chi connectivity index (χ1) is 14.3. The van der Waals surface area contributed by atoms with E-state index in [1.807, 2.05) is 0 Å². The molecule has 0 aromatic heterocycles. The Balaban J connectivity index is 0.000000213. The predicted molar refractivity (Wildman–Crippen MR) is 142 cm³/mol. The van der Waals surface area contributed by atoms with Crippen LogP contribution in [0.4, 0.5) is 0 Å². The summed E-state index contributed by atoms with van der Waals surface area (Å²) in [5.74, 6) is 0. The standard InChI is InChI=1S/2C10H19O2PS2.Sn/c2*14-13(15,11-9-5-1-2-6-9)12-10-7-3-4-8-10;/h2*9-10H,1-8H2,(H,14,15);/q;;+2/p-2. The van der Waals surface area contributed by atoms with Gasteiger partial charge in [-0.15, -0.1) is 0 Å². The minimum absolute atomic E-state index is 0. The van der Waals surface area contributed by atoms with Crippen molar-refractivity contribution in [1.82, 2.24) is 0 Å². The van der Waals surface area contributed by atoms with E-state index in [0.29, 0.717) is 0 Å². The van der Waals surface area contributed by atoms with Gasteiger partial charge in [-0.2, -0.15) is 0 Å². The van der Waals surface area contributed by atoms with Gasteiger partial charge in [0.05, 0.1) is 35.8 Å². The molecule has 0 saturated heterocycles. The third-order valence-corrected chi connectivity index (χ3v) is 10.6. The normalized spacial score (nSPS) is 24.3. The van der Waals surface area contributed by atoms with E-state index in [1.165, 1.54) is 51.4 Å². The SMILES string of the molecule is S=P([S-])(OC1CCCC1)OC1CCCC1.S=P([S-])(OC1CCCC1)OC1CCCC1.[Sn+2]. The second-order valence-corrected chi connectivity index (χ2v) is 18.7. The van der Waals surface area contributed by atoms with Crippen molar-refractivity contribution in [1.29, 1.82) is 0 Å². The van der Waals surface area contributed by atoms with E-state index in [0.717, 1.165) is 51.4 Å². The van der Waals surface area contributed by atoms with Crippen LogP contribution in [0.2, 0.25) is 0 Å². The Hall–Kier alpha value is 2.64. The Morgan fingerprint density at radius 2 is 0.613 bits per heavy atom. The minimum Gasteiger partial charge on any atom is -0.691 e. The summed E-state index contributed by atoms with van der Waals surface area (Å²) in [5, 5.41) is 0. The van der Waals surface area contributed by atoms with Gasteiger partial charge in [-0.1, -0.05) is 75.0 Å². The fourth-order valence-electron chi connectivity index (χ4n) is 4.76. The molecule has 11 heteroatoms. The molecule has 0 aliphatic heterocycles. The average Bonchev–Trinajstić information content (AvgIpc) is 3.43. The van der Waals surface area contributed by atoms with Crippen LogP contribution in [0.15, 0.2) is 0 Å². The van der Waals surface area contributed by atoms with Crippen molar-refractivity contribution < 1.29 is 18.1 Å². The summed E-state index contributed by atoms with van der Waals surface area (Å²) < 4.78 is 23.1. The maximum atomic E-state index is 5.78. The topological polar surface area (TPSA) is 36.9 Å². The Morgan fingerprint density at radius 3 is 0.774 bits per heavy atom. The van der Waals surface area contributed by atoms with E-state index in [-0.39, 0.29) is 48.3 Å². The van der Waals surface area contributed by atoms with Crippen molar-refractivity contribution in [3.8, 4) is 0 Å². The molecular formula is C20H36O4P2S4Sn. The average molecular weight is 649 g/mol. The molecule has 31 heavy (non-hydrogen) atoms. The van der Waals surface area contributed by atoms with Gasteiger partial charge in [-0.3, -0.25) is 0 Å². The van der Waals surface area contributed by atoms with Gasteiger partial charge in [0.2, 0.25) is 0 Å². The summed E-state index contributed by atoms with van der Waals surface area (Å²) >= 11 is 21.2. The van der Waals surface area contributed by atoms with Gasteiger partial charge in [-0.25, -0.2) is 0 Å². The molecule has 0 amide bonds. The summed E-state index contributed by atoms with van der Waals surface area (Å²) in [6.45, 7) is 0. The molecule has 0 N–H and O–H groups in total. The Kier molecular flexibility index (Phi) is 14.5.